The van der Waals surface area contributed by atoms with E-state index in [1.807, 2.05) is 0 Å². The molecule has 1 fully saturated rings. The van der Waals surface area contributed by atoms with E-state index < -0.39 is 0 Å². The minimum absolute atomic E-state index is 0.0125. The first kappa shape index (κ1) is 17.9. The van der Waals surface area contributed by atoms with E-state index in [1.165, 1.54) is 11.1 Å². The summed E-state index contributed by atoms with van der Waals surface area (Å²) in [5.41, 5.74) is 4.63. The van der Waals surface area contributed by atoms with Gasteiger partial charge in [-0.1, -0.05) is 17.3 Å². The first-order valence-corrected chi connectivity index (χ1v) is 9.10. The van der Waals surface area contributed by atoms with Crippen molar-refractivity contribution in [2.24, 2.45) is 5.16 Å². The largest absolute Gasteiger partial charge is 0.390 e. The second kappa shape index (κ2) is 6.79. The topological polar surface area (TPSA) is 53.9 Å². The maximum atomic E-state index is 12.4. The number of oxime groups is 1. The van der Waals surface area contributed by atoms with Crippen molar-refractivity contribution < 1.29 is 9.63 Å². The number of amides is 1. The summed E-state index contributed by atoms with van der Waals surface area (Å²) in [5, 5.41) is 7.27. The number of nitrogens with zero attached hydrogens (tertiary/aromatic N) is 2. The standard InChI is InChI=1S/C20H29N3O2/c1-13-6-7-15(10-14(13)2)17-11-16(25-22-17)12-21-19(24)18-8-9-23(18)20(3,4)5/h6-7,10,16,18H,8-9,11-12H2,1-5H3,(H,21,24). The molecule has 3 rings (SSSR count). The third kappa shape index (κ3) is 3.87. The van der Waals surface area contributed by atoms with Crippen molar-refractivity contribution in [3.05, 3.63) is 34.9 Å². The van der Waals surface area contributed by atoms with Crippen LogP contribution in [0.2, 0.25) is 0 Å². The molecule has 1 saturated heterocycles. The molecule has 0 bridgehead atoms. The zero-order chi connectivity index (χ0) is 18.2. The molecule has 0 spiro atoms. The second-order valence-corrected chi connectivity index (χ2v) is 8.18. The van der Waals surface area contributed by atoms with Gasteiger partial charge in [-0.05, 0) is 63.8 Å². The van der Waals surface area contributed by atoms with Crippen LogP contribution in [0, 0.1) is 13.8 Å². The number of carbonyl (C=O) groups is 1. The van der Waals surface area contributed by atoms with Gasteiger partial charge in [0.25, 0.3) is 0 Å². The highest BCUT2D eigenvalue weighted by Crippen LogP contribution is 2.27. The van der Waals surface area contributed by atoms with E-state index in [1.54, 1.807) is 0 Å². The third-order valence-corrected chi connectivity index (χ3v) is 5.26. The van der Waals surface area contributed by atoms with Gasteiger partial charge in [-0.3, -0.25) is 9.69 Å². The van der Waals surface area contributed by atoms with Crippen LogP contribution in [-0.4, -0.2) is 47.3 Å². The number of rotatable bonds is 4. The molecule has 136 valence electrons. The molecule has 1 amide bonds. The molecule has 0 aliphatic carbocycles. The van der Waals surface area contributed by atoms with Crippen molar-refractivity contribution in [1.82, 2.24) is 10.2 Å². The van der Waals surface area contributed by atoms with Gasteiger partial charge < -0.3 is 10.2 Å². The molecule has 5 nitrogen and oxygen atoms in total. The first-order valence-electron chi connectivity index (χ1n) is 9.10. The maximum Gasteiger partial charge on any atom is 0.237 e. The van der Waals surface area contributed by atoms with E-state index in [0.29, 0.717) is 6.54 Å². The Kier molecular flexibility index (Phi) is 4.87. The van der Waals surface area contributed by atoms with Crippen LogP contribution in [-0.2, 0) is 9.63 Å². The highest BCUT2D eigenvalue weighted by molar-refractivity contribution is 6.01. The van der Waals surface area contributed by atoms with E-state index in [4.69, 9.17) is 4.84 Å². The van der Waals surface area contributed by atoms with Gasteiger partial charge in [0.2, 0.25) is 5.91 Å². The molecule has 2 unspecified atom stereocenters. The van der Waals surface area contributed by atoms with Gasteiger partial charge in [-0.2, -0.15) is 0 Å². The normalized spacial score (nSPS) is 23.6. The van der Waals surface area contributed by atoms with E-state index in [9.17, 15) is 4.79 Å². The average Bonchev–Trinajstić information content (AvgIpc) is 2.94. The minimum atomic E-state index is -0.0799. The number of carbonyl (C=O) groups excluding carboxylic acids is 1. The number of nitrogens with one attached hydrogen (secondary N) is 1. The molecule has 0 aromatic heterocycles. The van der Waals surface area contributed by atoms with Crippen molar-refractivity contribution in [3.8, 4) is 0 Å². The zero-order valence-corrected chi connectivity index (χ0v) is 15.9. The summed E-state index contributed by atoms with van der Waals surface area (Å²) >= 11 is 0. The Balaban J connectivity index is 1.50. The number of hydrogen-bond donors (Lipinski definition) is 1. The lowest BCUT2D eigenvalue weighted by Crippen LogP contribution is -2.62. The molecule has 0 saturated carbocycles. The van der Waals surface area contributed by atoms with Crippen LogP contribution < -0.4 is 5.32 Å². The lowest BCUT2D eigenvalue weighted by atomic mass is 9.93. The Morgan fingerprint density at radius 1 is 1.32 bits per heavy atom. The van der Waals surface area contributed by atoms with Crippen molar-refractivity contribution in [2.45, 2.75) is 65.1 Å². The van der Waals surface area contributed by atoms with Crippen LogP contribution >= 0.6 is 0 Å². The summed E-state index contributed by atoms with van der Waals surface area (Å²) in [6, 6.07) is 6.33. The second-order valence-electron chi connectivity index (χ2n) is 8.18. The van der Waals surface area contributed by atoms with Gasteiger partial charge in [0.15, 0.2) is 0 Å². The minimum Gasteiger partial charge on any atom is -0.390 e. The van der Waals surface area contributed by atoms with Gasteiger partial charge >= 0.3 is 0 Å². The van der Waals surface area contributed by atoms with Crippen LogP contribution in [0.1, 0.15) is 50.3 Å². The summed E-state index contributed by atoms with van der Waals surface area (Å²) in [5.74, 6) is 0.101. The molecular weight excluding hydrogens is 314 g/mol. The van der Waals surface area contributed by atoms with Crippen LogP contribution in [0.5, 0.6) is 0 Å². The van der Waals surface area contributed by atoms with Gasteiger partial charge in [-0.15, -0.1) is 0 Å². The predicted molar refractivity (Wildman–Crippen MR) is 99.8 cm³/mol. The zero-order valence-electron chi connectivity index (χ0n) is 15.9. The summed E-state index contributed by atoms with van der Waals surface area (Å²) in [6.45, 7) is 12.1. The predicted octanol–water partition coefficient (Wildman–Crippen LogP) is 2.79. The van der Waals surface area contributed by atoms with E-state index in [-0.39, 0.29) is 23.6 Å². The maximum absolute atomic E-state index is 12.4. The van der Waals surface area contributed by atoms with Crippen LogP contribution in [0.4, 0.5) is 0 Å². The smallest absolute Gasteiger partial charge is 0.237 e. The van der Waals surface area contributed by atoms with Crippen LogP contribution in [0.3, 0.4) is 0 Å². The molecule has 0 radical (unpaired) electrons. The molecule has 25 heavy (non-hydrogen) atoms. The fourth-order valence-electron chi connectivity index (χ4n) is 3.42. The Bertz CT molecular complexity index is 691. The molecule has 1 aromatic carbocycles. The average molecular weight is 343 g/mol. The molecule has 5 heteroatoms. The summed E-state index contributed by atoms with van der Waals surface area (Å²) in [4.78, 5) is 20.2. The summed E-state index contributed by atoms with van der Waals surface area (Å²) < 4.78 is 0. The Morgan fingerprint density at radius 3 is 2.68 bits per heavy atom. The van der Waals surface area contributed by atoms with Gasteiger partial charge in [0.1, 0.15) is 6.10 Å². The van der Waals surface area contributed by atoms with Crippen molar-refractivity contribution in [2.75, 3.05) is 13.1 Å². The summed E-state index contributed by atoms with van der Waals surface area (Å²) in [7, 11) is 0. The SMILES string of the molecule is Cc1ccc(C2=NOC(CNC(=O)C3CCN3C(C)(C)C)C2)cc1C. The lowest BCUT2D eigenvalue weighted by molar-refractivity contribution is -0.135. The highest BCUT2D eigenvalue weighted by Gasteiger charge is 2.40. The van der Waals surface area contributed by atoms with Gasteiger partial charge in [0, 0.05) is 18.5 Å². The Hall–Kier alpha value is -1.88. The van der Waals surface area contributed by atoms with Crippen molar-refractivity contribution >= 4 is 11.6 Å². The monoisotopic (exact) mass is 343 g/mol. The molecular formula is C20H29N3O2. The number of likely N-dealkylation sites (tertiary alicyclic amines) is 1. The fraction of sp³-hybridized carbons (Fsp3) is 0.600. The molecule has 2 atom stereocenters. The number of benzene rings is 1. The van der Waals surface area contributed by atoms with Crippen LogP contribution in [0.25, 0.3) is 0 Å². The Morgan fingerprint density at radius 2 is 2.08 bits per heavy atom. The highest BCUT2D eigenvalue weighted by atomic mass is 16.6. The molecule has 2 heterocycles. The van der Waals surface area contributed by atoms with Crippen molar-refractivity contribution in [1.29, 1.82) is 0 Å². The van der Waals surface area contributed by atoms with E-state index in [0.717, 1.165) is 30.7 Å². The number of aryl methyl sites for hydroxylation is 2. The number of hydrogen-bond acceptors (Lipinski definition) is 4. The molecule has 2 aliphatic rings. The molecule has 1 aromatic rings. The van der Waals surface area contributed by atoms with Gasteiger partial charge in [-0.25, -0.2) is 0 Å². The lowest BCUT2D eigenvalue weighted by Gasteiger charge is -2.48. The van der Waals surface area contributed by atoms with Crippen LogP contribution in [0.15, 0.2) is 23.4 Å². The molecule has 2 aliphatic heterocycles. The summed E-state index contributed by atoms with van der Waals surface area (Å²) in [6.07, 6.45) is 1.58. The van der Waals surface area contributed by atoms with E-state index in [2.05, 4.69) is 68.2 Å². The quantitative estimate of drug-likeness (QED) is 0.915. The van der Waals surface area contributed by atoms with Crippen molar-refractivity contribution in [3.63, 3.8) is 0 Å². The molecule has 1 N–H and O–H groups in total. The van der Waals surface area contributed by atoms with Gasteiger partial charge in [0.05, 0.1) is 18.3 Å². The third-order valence-electron chi connectivity index (χ3n) is 5.26. The Labute approximate surface area is 150 Å². The fourth-order valence-corrected chi connectivity index (χ4v) is 3.42. The first-order chi connectivity index (χ1) is 11.8. The van der Waals surface area contributed by atoms with E-state index >= 15 is 0 Å².